The number of hydrogen-bond donors (Lipinski definition) is 1. The van der Waals surface area contributed by atoms with Crippen molar-refractivity contribution < 1.29 is 0 Å². The van der Waals surface area contributed by atoms with E-state index in [9.17, 15) is 0 Å². The summed E-state index contributed by atoms with van der Waals surface area (Å²) in [6.45, 7) is 2.13. The first-order valence-corrected chi connectivity index (χ1v) is 9.54. The van der Waals surface area contributed by atoms with Crippen molar-refractivity contribution in [3.05, 3.63) is 66.5 Å². The van der Waals surface area contributed by atoms with E-state index >= 15 is 0 Å². The monoisotopic (exact) mass is 370 g/mol. The van der Waals surface area contributed by atoms with Crippen LogP contribution in [0.15, 0.2) is 60.9 Å². The number of anilines is 2. The summed E-state index contributed by atoms with van der Waals surface area (Å²) < 4.78 is 1.75. The molecule has 0 radical (unpaired) electrons. The summed E-state index contributed by atoms with van der Waals surface area (Å²) in [4.78, 5) is 10.9. The van der Waals surface area contributed by atoms with Crippen molar-refractivity contribution in [3.63, 3.8) is 0 Å². The van der Waals surface area contributed by atoms with Crippen LogP contribution in [0.25, 0.3) is 22.3 Å². The van der Waals surface area contributed by atoms with Crippen LogP contribution in [0, 0.1) is 0 Å². The Hall–Kier alpha value is -3.41. The maximum Gasteiger partial charge on any atom is 0.163 e. The normalized spacial score (nSPS) is 16.8. The highest BCUT2D eigenvalue weighted by Crippen LogP contribution is 2.33. The number of nitrogens with zero attached hydrogens (tertiary/aromatic N) is 5. The fourth-order valence-corrected chi connectivity index (χ4v) is 4.13. The molecule has 4 aromatic rings. The van der Waals surface area contributed by atoms with Crippen LogP contribution in [-0.2, 0) is 7.05 Å². The van der Waals surface area contributed by atoms with E-state index in [1.54, 1.807) is 4.68 Å². The Morgan fingerprint density at radius 2 is 1.79 bits per heavy atom. The second-order valence-electron chi connectivity index (χ2n) is 7.32. The second kappa shape index (κ2) is 6.64. The maximum atomic E-state index is 6.10. The van der Waals surface area contributed by atoms with Crippen molar-refractivity contribution >= 4 is 22.5 Å². The van der Waals surface area contributed by atoms with Crippen LogP contribution in [0.3, 0.4) is 0 Å². The number of aromatic nitrogens is 4. The molecular formula is C22H22N6. The smallest absolute Gasteiger partial charge is 0.163 e. The Bertz CT molecular complexity index is 1120. The summed E-state index contributed by atoms with van der Waals surface area (Å²) >= 11 is 0. The van der Waals surface area contributed by atoms with Gasteiger partial charge >= 0.3 is 0 Å². The molecule has 2 N–H and O–H groups in total. The van der Waals surface area contributed by atoms with Gasteiger partial charge in [-0.1, -0.05) is 42.5 Å². The molecule has 0 spiro atoms. The van der Waals surface area contributed by atoms with E-state index in [0.717, 1.165) is 35.4 Å². The highest BCUT2D eigenvalue weighted by Gasteiger charge is 2.24. The van der Waals surface area contributed by atoms with E-state index in [0.29, 0.717) is 11.7 Å². The summed E-state index contributed by atoms with van der Waals surface area (Å²) in [6.07, 6.45) is 2.66. The number of hydrogen-bond acceptors (Lipinski definition) is 5. The Balaban J connectivity index is 1.42. The van der Waals surface area contributed by atoms with E-state index in [-0.39, 0.29) is 0 Å². The SMILES string of the molecule is Cn1nc(-c2ccc(N3CCC(c4ccccc4)C3)cc2)c2c(N)ncnc21. The van der Waals surface area contributed by atoms with Crippen LogP contribution in [0.1, 0.15) is 17.9 Å². The molecule has 140 valence electrons. The van der Waals surface area contributed by atoms with Gasteiger partial charge in [-0.15, -0.1) is 0 Å². The highest BCUT2D eigenvalue weighted by molar-refractivity contribution is 5.98. The summed E-state index contributed by atoms with van der Waals surface area (Å²) in [5.41, 5.74) is 11.4. The molecule has 1 fully saturated rings. The minimum Gasteiger partial charge on any atom is -0.383 e. The van der Waals surface area contributed by atoms with Crippen molar-refractivity contribution in [2.24, 2.45) is 7.05 Å². The van der Waals surface area contributed by atoms with Gasteiger partial charge in [-0.3, -0.25) is 0 Å². The van der Waals surface area contributed by atoms with Gasteiger partial charge in [0.25, 0.3) is 0 Å². The zero-order chi connectivity index (χ0) is 19.1. The number of benzene rings is 2. The molecule has 5 rings (SSSR count). The molecule has 6 nitrogen and oxygen atoms in total. The van der Waals surface area contributed by atoms with Gasteiger partial charge in [0.2, 0.25) is 0 Å². The molecule has 1 unspecified atom stereocenters. The third-order valence-electron chi connectivity index (χ3n) is 5.62. The maximum absolute atomic E-state index is 6.10. The molecule has 3 heterocycles. The van der Waals surface area contributed by atoms with E-state index in [2.05, 4.69) is 74.6 Å². The van der Waals surface area contributed by atoms with Gasteiger partial charge in [-0.2, -0.15) is 5.10 Å². The Labute approximate surface area is 163 Å². The zero-order valence-electron chi connectivity index (χ0n) is 15.8. The number of nitrogens with two attached hydrogens (primary N) is 1. The van der Waals surface area contributed by atoms with Gasteiger partial charge in [0, 0.05) is 37.3 Å². The third kappa shape index (κ3) is 2.78. The van der Waals surface area contributed by atoms with E-state index in [1.807, 2.05) is 7.05 Å². The van der Waals surface area contributed by atoms with Crippen LogP contribution in [0.5, 0.6) is 0 Å². The largest absolute Gasteiger partial charge is 0.383 e. The lowest BCUT2D eigenvalue weighted by molar-refractivity contribution is 0.775. The molecule has 1 aliphatic rings. The van der Waals surface area contributed by atoms with E-state index in [4.69, 9.17) is 5.73 Å². The fraction of sp³-hybridized carbons (Fsp3) is 0.227. The molecule has 0 bridgehead atoms. The Kier molecular flexibility index (Phi) is 3.97. The molecule has 0 saturated carbocycles. The van der Waals surface area contributed by atoms with Crippen molar-refractivity contribution in [3.8, 4) is 11.3 Å². The van der Waals surface area contributed by atoms with Gasteiger partial charge in [0.05, 0.1) is 5.39 Å². The second-order valence-corrected chi connectivity index (χ2v) is 7.32. The molecule has 1 aliphatic heterocycles. The van der Waals surface area contributed by atoms with Gasteiger partial charge in [-0.05, 0) is 24.1 Å². The Morgan fingerprint density at radius 1 is 1.00 bits per heavy atom. The van der Waals surface area contributed by atoms with E-state index in [1.165, 1.54) is 24.0 Å². The lowest BCUT2D eigenvalue weighted by Gasteiger charge is -2.19. The molecule has 6 heteroatoms. The lowest BCUT2D eigenvalue weighted by atomic mass is 9.99. The number of rotatable bonds is 3. The van der Waals surface area contributed by atoms with Gasteiger partial charge in [-0.25, -0.2) is 14.6 Å². The van der Waals surface area contributed by atoms with Gasteiger partial charge in [0.15, 0.2) is 5.65 Å². The number of nitrogen functional groups attached to an aromatic ring is 1. The summed E-state index contributed by atoms with van der Waals surface area (Å²) in [7, 11) is 1.88. The minimum absolute atomic E-state index is 0.461. The molecule has 1 saturated heterocycles. The van der Waals surface area contributed by atoms with Crippen LogP contribution < -0.4 is 10.6 Å². The summed E-state index contributed by atoms with van der Waals surface area (Å²) in [5, 5.41) is 5.43. The zero-order valence-corrected chi connectivity index (χ0v) is 15.8. The van der Waals surface area contributed by atoms with Crippen molar-refractivity contribution in [2.75, 3.05) is 23.7 Å². The molecular weight excluding hydrogens is 348 g/mol. The third-order valence-corrected chi connectivity index (χ3v) is 5.62. The molecule has 2 aromatic carbocycles. The highest BCUT2D eigenvalue weighted by atomic mass is 15.3. The predicted octanol–water partition coefficient (Wildman–Crippen LogP) is 3.61. The molecule has 0 aliphatic carbocycles. The topological polar surface area (TPSA) is 72.9 Å². The van der Waals surface area contributed by atoms with Crippen molar-refractivity contribution in [1.29, 1.82) is 0 Å². The van der Waals surface area contributed by atoms with Crippen LogP contribution in [0.2, 0.25) is 0 Å². The summed E-state index contributed by atoms with van der Waals surface area (Å²) in [5.74, 6) is 1.06. The van der Waals surface area contributed by atoms with Gasteiger partial charge in [0.1, 0.15) is 17.8 Å². The minimum atomic E-state index is 0.461. The molecule has 28 heavy (non-hydrogen) atoms. The molecule has 1 atom stereocenters. The van der Waals surface area contributed by atoms with Crippen LogP contribution in [-0.4, -0.2) is 32.8 Å². The van der Waals surface area contributed by atoms with Gasteiger partial charge < -0.3 is 10.6 Å². The average Bonchev–Trinajstić information content (AvgIpc) is 3.35. The number of aryl methyl sites for hydroxylation is 1. The first kappa shape index (κ1) is 16.7. The fourth-order valence-electron chi connectivity index (χ4n) is 4.13. The average molecular weight is 370 g/mol. The quantitative estimate of drug-likeness (QED) is 0.596. The lowest BCUT2D eigenvalue weighted by Crippen LogP contribution is -2.18. The first-order chi connectivity index (χ1) is 13.7. The van der Waals surface area contributed by atoms with Crippen LogP contribution in [0.4, 0.5) is 11.5 Å². The van der Waals surface area contributed by atoms with E-state index < -0.39 is 0 Å². The first-order valence-electron chi connectivity index (χ1n) is 9.54. The molecule has 2 aromatic heterocycles. The van der Waals surface area contributed by atoms with Crippen LogP contribution >= 0.6 is 0 Å². The van der Waals surface area contributed by atoms with Crippen molar-refractivity contribution in [2.45, 2.75) is 12.3 Å². The Morgan fingerprint density at radius 3 is 2.57 bits per heavy atom. The standard InChI is InChI=1S/C22H22N6/c1-27-22-19(21(23)24-14-25-22)20(26-27)16-7-9-18(10-8-16)28-12-11-17(13-28)15-5-3-2-4-6-15/h2-10,14,17H,11-13H2,1H3,(H2,23,24,25). The number of fused-ring (bicyclic) bond motifs is 1. The van der Waals surface area contributed by atoms with Crippen molar-refractivity contribution in [1.82, 2.24) is 19.7 Å². The molecule has 0 amide bonds. The summed E-state index contributed by atoms with van der Waals surface area (Å²) in [6, 6.07) is 19.4. The predicted molar refractivity (Wildman–Crippen MR) is 112 cm³/mol.